The lowest BCUT2D eigenvalue weighted by Gasteiger charge is -2.15. The van der Waals surface area contributed by atoms with E-state index < -0.39 is 0 Å². The largest absolute Gasteiger partial charge is 0.339 e. The van der Waals surface area contributed by atoms with Gasteiger partial charge in [-0.15, -0.1) is 0 Å². The third-order valence-electron chi connectivity index (χ3n) is 4.30. The number of amides is 2. The van der Waals surface area contributed by atoms with Gasteiger partial charge < -0.3 is 10.2 Å². The molecule has 1 saturated heterocycles. The first-order chi connectivity index (χ1) is 12.0. The van der Waals surface area contributed by atoms with Crippen molar-refractivity contribution in [1.82, 2.24) is 9.88 Å². The fourth-order valence-corrected chi connectivity index (χ4v) is 3.41. The summed E-state index contributed by atoms with van der Waals surface area (Å²) in [7, 11) is 0. The van der Waals surface area contributed by atoms with Crippen molar-refractivity contribution < 1.29 is 9.59 Å². The number of anilines is 1. The number of pyridine rings is 1. The Morgan fingerprint density at radius 1 is 1.16 bits per heavy atom. The number of benzene rings is 1. The highest BCUT2D eigenvalue weighted by atomic mass is 35.5. The summed E-state index contributed by atoms with van der Waals surface area (Å²) in [5, 5.41) is 3.28. The van der Waals surface area contributed by atoms with E-state index >= 15 is 0 Å². The van der Waals surface area contributed by atoms with Gasteiger partial charge in [0.05, 0.1) is 10.7 Å². The molecule has 0 unspecified atom stereocenters. The number of rotatable bonds is 3. The summed E-state index contributed by atoms with van der Waals surface area (Å²) in [6.07, 6.45) is 3.53. The van der Waals surface area contributed by atoms with Crippen molar-refractivity contribution in [3.63, 3.8) is 0 Å². The van der Waals surface area contributed by atoms with Crippen molar-refractivity contribution in [3.8, 4) is 0 Å². The summed E-state index contributed by atoms with van der Waals surface area (Å²) in [4.78, 5) is 30.9. The molecule has 0 atom stereocenters. The van der Waals surface area contributed by atoms with E-state index in [0.717, 1.165) is 37.1 Å². The Hall–Kier alpha value is -2.40. The summed E-state index contributed by atoms with van der Waals surface area (Å²) in [6.45, 7) is 5.36. The molecule has 1 aliphatic heterocycles. The van der Waals surface area contributed by atoms with E-state index in [1.807, 2.05) is 19.9 Å². The van der Waals surface area contributed by atoms with Gasteiger partial charge >= 0.3 is 0 Å². The number of aromatic nitrogens is 1. The monoisotopic (exact) mass is 357 g/mol. The van der Waals surface area contributed by atoms with Crippen LogP contribution in [0.25, 0.3) is 0 Å². The summed E-state index contributed by atoms with van der Waals surface area (Å²) >= 11 is 6.24. The van der Waals surface area contributed by atoms with E-state index in [-0.39, 0.29) is 17.5 Å². The maximum absolute atomic E-state index is 12.5. The maximum Gasteiger partial charge on any atom is 0.274 e. The highest BCUT2D eigenvalue weighted by Gasteiger charge is 2.21. The Balaban J connectivity index is 1.81. The number of nitrogens with one attached hydrogen (secondary N) is 1. The molecule has 0 aliphatic carbocycles. The number of nitrogens with zero attached hydrogens (tertiary/aromatic N) is 2. The van der Waals surface area contributed by atoms with Gasteiger partial charge in [-0.3, -0.25) is 14.6 Å². The molecule has 6 heteroatoms. The molecule has 25 heavy (non-hydrogen) atoms. The normalized spacial score (nSPS) is 13.8. The molecule has 0 spiro atoms. The quantitative estimate of drug-likeness (QED) is 0.907. The zero-order chi connectivity index (χ0) is 18.0. The first kappa shape index (κ1) is 17.4. The zero-order valence-corrected chi connectivity index (χ0v) is 15.1. The molecule has 5 nitrogen and oxygen atoms in total. The second-order valence-corrected chi connectivity index (χ2v) is 6.73. The lowest BCUT2D eigenvalue weighted by Crippen LogP contribution is -2.28. The second kappa shape index (κ2) is 7.23. The Morgan fingerprint density at radius 2 is 1.88 bits per heavy atom. The van der Waals surface area contributed by atoms with Crippen LogP contribution < -0.4 is 5.32 Å². The minimum atomic E-state index is -0.384. The van der Waals surface area contributed by atoms with Crippen LogP contribution in [0.4, 0.5) is 5.69 Å². The van der Waals surface area contributed by atoms with Crippen molar-refractivity contribution in [2.24, 2.45) is 0 Å². The molecule has 3 rings (SSSR count). The van der Waals surface area contributed by atoms with Gasteiger partial charge in [-0.1, -0.05) is 17.7 Å². The summed E-state index contributed by atoms with van der Waals surface area (Å²) < 4.78 is 0. The van der Waals surface area contributed by atoms with Crippen LogP contribution in [0, 0.1) is 13.8 Å². The molecular weight excluding hydrogens is 338 g/mol. The van der Waals surface area contributed by atoms with Crippen LogP contribution in [-0.2, 0) is 0 Å². The van der Waals surface area contributed by atoms with Crippen LogP contribution in [0.15, 0.2) is 30.5 Å². The third-order valence-corrected chi connectivity index (χ3v) is 4.60. The van der Waals surface area contributed by atoms with E-state index in [9.17, 15) is 9.59 Å². The minimum Gasteiger partial charge on any atom is -0.339 e. The van der Waals surface area contributed by atoms with Crippen molar-refractivity contribution in [3.05, 3.63) is 57.9 Å². The molecule has 1 aliphatic rings. The Bertz CT molecular complexity index is 806. The van der Waals surface area contributed by atoms with E-state index in [4.69, 9.17) is 11.6 Å². The molecule has 2 heterocycles. The Kier molecular flexibility index (Phi) is 5.04. The fourth-order valence-electron chi connectivity index (χ4n) is 3.04. The molecule has 1 fully saturated rings. The van der Waals surface area contributed by atoms with Gasteiger partial charge in [0.25, 0.3) is 11.8 Å². The minimum absolute atomic E-state index is 0.0569. The van der Waals surface area contributed by atoms with Gasteiger partial charge in [0.1, 0.15) is 5.69 Å². The van der Waals surface area contributed by atoms with E-state index in [0.29, 0.717) is 16.3 Å². The van der Waals surface area contributed by atoms with Crippen molar-refractivity contribution >= 4 is 29.1 Å². The first-order valence-electron chi connectivity index (χ1n) is 8.29. The van der Waals surface area contributed by atoms with Gasteiger partial charge in [-0.05, 0) is 56.0 Å². The van der Waals surface area contributed by atoms with Gasteiger partial charge in [-0.25, -0.2) is 0 Å². The summed E-state index contributed by atoms with van der Waals surface area (Å²) in [5.74, 6) is -0.441. The van der Waals surface area contributed by atoms with Crippen molar-refractivity contribution in [2.45, 2.75) is 26.7 Å². The Morgan fingerprint density at radius 3 is 2.56 bits per heavy atom. The number of carbonyl (C=O) groups is 2. The molecule has 2 aromatic rings. The van der Waals surface area contributed by atoms with Gasteiger partial charge in [0, 0.05) is 24.8 Å². The number of hydrogen-bond acceptors (Lipinski definition) is 3. The molecule has 1 aromatic carbocycles. The molecule has 1 aromatic heterocycles. The SMILES string of the molecule is Cc1cc(C)c(NC(=O)c2cc(C(=O)N3CCCC3)ccn2)c(Cl)c1. The predicted octanol–water partition coefficient (Wildman–Crippen LogP) is 3.84. The number of carbonyl (C=O) groups excluding carboxylic acids is 2. The predicted molar refractivity (Wildman–Crippen MR) is 98.3 cm³/mol. The van der Waals surface area contributed by atoms with Crippen LogP contribution >= 0.6 is 11.6 Å². The second-order valence-electron chi connectivity index (χ2n) is 6.32. The van der Waals surface area contributed by atoms with Crippen LogP contribution in [0.1, 0.15) is 44.8 Å². The standard InChI is InChI=1S/C19H20ClN3O2/c1-12-9-13(2)17(15(20)10-12)22-18(24)16-11-14(5-6-21-16)19(25)23-7-3-4-8-23/h5-6,9-11H,3-4,7-8H2,1-2H3,(H,22,24). The summed E-state index contributed by atoms with van der Waals surface area (Å²) in [6, 6.07) is 6.92. The maximum atomic E-state index is 12.5. The first-order valence-corrected chi connectivity index (χ1v) is 8.67. The number of halogens is 1. The topological polar surface area (TPSA) is 62.3 Å². The van der Waals surface area contributed by atoms with E-state index in [2.05, 4.69) is 10.3 Å². The molecule has 130 valence electrons. The van der Waals surface area contributed by atoms with Gasteiger partial charge in [-0.2, -0.15) is 0 Å². The van der Waals surface area contributed by atoms with E-state index in [1.165, 1.54) is 12.3 Å². The highest BCUT2D eigenvalue weighted by molar-refractivity contribution is 6.34. The Labute approximate surface area is 152 Å². The zero-order valence-electron chi connectivity index (χ0n) is 14.3. The van der Waals surface area contributed by atoms with Crippen LogP contribution in [0.5, 0.6) is 0 Å². The van der Waals surface area contributed by atoms with Crippen LogP contribution in [0.2, 0.25) is 5.02 Å². The van der Waals surface area contributed by atoms with Gasteiger partial charge in [0.2, 0.25) is 0 Å². The molecule has 1 N–H and O–H groups in total. The third kappa shape index (κ3) is 3.82. The average Bonchev–Trinajstić information content (AvgIpc) is 3.12. The fraction of sp³-hybridized carbons (Fsp3) is 0.316. The van der Waals surface area contributed by atoms with E-state index in [1.54, 1.807) is 17.0 Å². The molecule has 0 bridgehead atoms. The smallest absolute Gasteiger partial charge is 0.274 e. The molecule has 2 amide bonds. The summed E-state index contributed by atoms with van der Waals surface area (Å²) in [5.41, 5.74) is 3.14. The number of likely N-dealkylation sites (tertiary alicyclic amines) is 1. The molecular formula is C19H20ClN3O2. The van der Waals surface area contributed by atoms with Crippen molar-refractivity contribution in [1.29, 1.82) is 0 Å². The van der Waals surface area contributed by atoms with Crippen LogP contribution in [0.3, 0.4) is 0 Å². The lowest BCUT2D eigenvalue weighted by molar-refractivity contribution is 0.0792. The molecule has 0 radical (unpaired) electrons. The van der Waals surface area contributed by atoms with Gasteiger partial charge in [0.15, 0.2) is 0 Å². The van der Waals surface area contributed by atoms with Crippen molar-refractivity contribution in [2.75, 3.05) is 18.4 Å². The average molecular weight is 358 g/mol. The highest BCUT2D eigenvalue weighted by Crippen LogP contribution is 2.27. The molecule has 0 saturated carbocycles. The van der Waals surface area contributed by atoms with Crippen LogP contribution in [-0.4, -0.2) is 34.8 Å². The number of hydrogen-bond donors (Lipinski definition) is 1. The lowest BCUT2D eigenvalue weighted by atomic mass is 10.1. The number of aryl methyl sites for hydroxylation is 2.